The first-order valence-corrected chi connectivity index (χ1v) is 6.88. The van der Waals surface area contributed by atoms with Crippen LogP contribution in [0.25, 0.3) is 0 Å². The number of carbonyl (C=O) groups is 1. The minimum atomic E-state index is -0.0986. The molecule has 0 radical (unpaired) electrons. The van der Waals surface area contributed by atoms with E-state index in [1.807, 2.05) is 0 Å². The molecule has 1 rings (SSSR count). The van der Waals surface area contributed by atoms with E-state index in [0.29, 0.717) is 6.04 Å². The summed E-state index contributed by atoms with van der Waals surface area (Å²) in [7, 11) is 0. The standard InChI is InChI=1S/C14H27NO/c1-4-14(5-2,12-16)11-15-10-8-6-7-9-13(15)3/h12-13H,4-11H2,1-3H3. The van der Waals surface area contributed by atoms with Crippen LogP contribution in [0.5, 0.6) is 0 Å². The summed E-state index contributed by atoms with van der Waals surface area (Å²) < 4.78 is 0. The Labute approximate surface area is 100 Å². The van der Waals surface area contributed by atoms with Crippen LogP contribution in [0.2, 0.25) is 0 Å². The molecule has 1 fully saturated rings. The van der Waals surface area contributed by atoms with Gasteiger partial charge in [0.15, 0.2) is 0 Å². The van der Waals surface area contributed by atoms with Crippen molar-refractivity contribution in [1.29, 1.82) is 0 Å². The number of hydrogen-bond acceptors (Lipinski definition) is 2. The highest BCUT2D eigenvalue weighted by Crippen LogP contribution is 2.28. The zero-order valence-corrected chi connectivity index (χ0v) is 11.2. The Bertz CT molecular complexity index is 211. The average Bonchev–Trinajstić information content (AvgIpc) is 2.52. The molecule has 1 aliphatic rings. The highest BCUT2D eigenvalue weighted by Gasteiger charge is 2.30. The van der Waals surface area contributed by atoms with Crippen LogP contribution in [0.15, 0.2) is 0 Å². The van der Waals surface area contributed by atoms with Crippen LogP contribution in [-0.2, 0) is 4.79 Å². The third-order valence-corrected chi connectivity index (χ3v) is 4.37. The van der Waals surface area contributed by atoms with Gasteiger partial charge in [-0.05, 0) is 39.2 Å². The Morgan fingerprint density at radius 1 is 1.25 bits per heavy atom. The number of carbonyl (C=O) groups excluding carboxylic acids is 1. The molecule has 0 spiro atoms. The lowest BCUT2D eigenvalue weighted by atomic mass is 9.83. The molecule has 0 aromatic carbocycles. The second-order valence-corrected chi connectivity index (χ2v) is 5.36. The van der Waals surface area contributed by atoms with Crippen molar-refractivity contribution in [2.24, 2.45) is 5.41 Å². The molecule has 2 nitrogen and oxygen atoms in total. The van der Waals surface area contributed by atoms with Gasteiger partial charge in [-0.25, -0.2) is 0 Å². The summed E-state index contributed by atoms with van der Waals surface area (Å²) in [6.45, 7) is 8.73. The second-order valence-electron chi connectivity index (χ2n) is 5.36. The topological polar surface area (TPSA) is 20.3 Å². The van der Waals surface area contributed by atoms with E-state index in [4.69, 9.17) is 0 Å². The quantitative estimate of drug-likeness (QED) is 0.669. The molecule has 1 aliphatic heterocycles. The van der Waals surface area contributed by atoms with Gasteiger partial charge in [0.2, 0.25) is 0 Å². The van der Waals surface area contributed by atoms with Crippen molar-refractivity contribution in [2.75, 3.05) is 13.1 Å². The number of nitrogens with zero attached hydrogens (tertiary/aromatic N) is 1. The van der Waals surface area contributed by atoms with Gasteiger partial charge in [-0.3, -0.25) is 4.90 Å². The summed E-state index contributed by atoms with van der Waals surface area (Å²) in [5.74, 6) is 0. The Balaban J connectivity index is 2.64. The fourth-order valence-corrected chi connectivity index (χ4v) is 2.65. The van der Waals surface area contributed by atoms with E-state index in [-0.39, 0.29) is 5.41 Å². The van der Waals surface area contributed by atoms with Crippen LogP contribution in [0, 0.1) is 5.41 Å². The van der Waals surface area contributed by atoms with E-state index in [2.05, 4.69) is 25.7 Å². The SMILES string of the molecule is CCC(C=O)(CC)CN1CCCCCC1C. The second kappa shape index (κ2) is 6.39. The Morgan fingerprint density at radius 2 is 1.94 bits per heavy atom. The Hall–Kier alpha value is -0.370. The summed E-state index contributed by atoms with van der Waals surface area (Å²) in [6, 6.07) is 0.653. The summed E-state index contributed by atoms with van der Waals surface area (Å²) in [6.07, 6.45) is 8.43. The molecule has 0 N–H and O–H groups in total. The first-order valence-electron chi connectivity index (χ1n) is 6.88. The fraction of sp³-hybridized carbons (Fsp3) is 0.929. The molecule has 0 aromatic rings. The molecule has 1 heterocycles. The van der Waals surface area contributed by atoms with Crippen LogP contribution in [0.4, 0.5) is 0 Å². The van der Waals surface area contributed by atoms with Crippen molar-refractivity contribution in [3.8, 4) is 0 Å². The minimum absolute atomic E-state index is 0.0986. The Morgan fingerprint density at radius 3 is 2.50 bits per heavy atom. The summed E-state index contributed by atoms with van der Waals surface area (Å²) in [4.78, 5) is 13.9. The summed E-state index contributed by atoms with van der Waals surface area (Å²) >= 11 is 0. The van der Waals surface area contributed by atoms with Crippen molar-refractivity contribution < 1.29 is 4.79 Å². The smallest absolute Gasteiger partial charge is 0.127 e. The molecular formula is C14H27NO. The van der Waals surface area contributed by atoms with Crippen molar-refractivity contribution in [3.63, 3.8) is 0 Å². The zero-order valence-electron chi connectivity index (χ0n) is 11.2. The van der Waals surface area contributed by atoms with Gasteiger partial charge in [0, 0.05) is 18.0 Å². The first-order chi connectivity index (χ1) is 7.67. The van der Waals surface area contributed by atoms with Gasteiger partial charge in [0.05, 0.1) is 0 Å². The fourth-order valence-electron chi connectivity index (χ4n) is 2.65. The largest absolute Gasteiger partial charge is 0.303 e. The van der Waals surface area contributed by atoms with E-state index in [0.717, 1.165) is 19.4 Å². The predicted molar refractivity (Wildman–Crippen MR) is 68.6 cm³/mol. The molecule has 0 saturated carbocycles. The Kier molecular flexibility index (Phi) is 5.47. The normalized spacial score (nSPS) is 24.1. The highest BCUT2D eigenvalue weighted by atomic mass is 16.1. The van der Waals surface area contributed by atoms with Gasteiger partial charge < -0.3 is 4.79 Å². The molecule has 16 heavy (non-hydrogen) atoms. The van der Waals surface area contributed by atoms with Crippen LogP contribution >= 0.6 is 0 Å². The number of hydrogen-bond donors (Lipinski definition) is 0. The first kappa shape index (κ1) is 13.7. The molecule has 94 valence electrons. The molecule has 1 unspecified atom stereocenters. The van der Waals surface area contributed by atoms with Crippen molar-refractivity contribution in [2.45, 2.75) is 65.3 Å². The number of aldehydes is 1. The van der Waals surface area contributed by atoms with E-state index in [1.54, 1.807) is 0 Å². The zero-order chi connectivity index (χ0) is 12.0. The summed E-state index contributed by atoms with van der Waals surface area (Å²) in [5, 5.41) is 0. The molecule has 1 atom stereocenters. The summed E-state index contributed by atoms with van der Waals surface area (Å²) in [5.41, 5.74) is -0.0986. The molecular weight excluding hydrogens is 198 g/mol. The van der Waals surface area contributed by atoms with Crippen molar-refractivity contribution in [1.82, 2.24) is 4.90 Å². The van der Waals surface area contributed by atoms with Gasteiger partial charge in [-0.1, -0.05) is 26.7 Å². The van der Waals surface area contributed by atoms with Gasteiger partial charge >= 0.3 is 0 Å². The lowest BCUT2D eigenvalue weighted by Crippen LogP contribution is -2.42. The van der Waals surface area contributed by atoms with E-state index < -0.39 is 0 Å². The van der Waals surface area contributed by atoms with Crippen LogP contribution in [0.3, 0.4) is 0 Å². The van der Waals surface area contributed by atoms with Gasteiger partial charge in [-0.2, -0.15) is 0 Å². The molecule has 1 saturated heterocycles. The maximum absolute atomic E-state index is 11.3. The predicted octanol–water partition coefficient (Wildman–Crippen LogP) is 3.26. The van der Waals surface area contributed by atoms with Gasteiger partial charge in [0.25, 0.3) is 0 Å². The van der Waals surface area contributed by atoms with E-state index in [1.165, 1.54) is 38.5 Å². The lowest BCUT2D eigenvalue weighted by molar-refractivity contribution is -0.118. The van der Waals surface area contributed by atoms with Crippen molar-refractivity contribution >= 4 is 6.29 Å². The molecule has 2 heteroatoms. The maximum atomic E-state index is 11.3. The van der Waals surface area contributed by atoms with Gasteiger partial charge in [0.1, 0.15) is 6.29 Å². The van der Waals surface area contributed by atoms with E-state index in [9.17, 15) is 4.79 Å². The van der Waals surface area contributed by atoms with E-state index >= 15 is 0 Å². The van der Waals surface area contributed by atoms with Crippen LogP contribution < -0.4 is 0 Å². The monoisotopic (exact) mass is 225 g/mol. The number of rotatable bonds is 5. The molecule has 0 bridgehead atoms. The highest BCUT2D eigenvalue weighted by molar-refractivity contribution is 5.59. The minimum Gasteiger partial charge on any atom is -0.303 e. The maximum Gasteiger partial charge on any atom is 0.127 e. The molecule has 0 aliphatic carbocycles. The van der Waals surface area contributed by atoms with Gasteiger partial charge in [-0.15, -0.1) is 0 Å². The number of likely N-dealkylation sites (tertiary alicyclic amines) is 1. The van der Waals surface area contributed by atoms with Crippen molar-refractivity contribution in [3.05, 3.63) is 0 Å². The lowest BCUT2D eigenvalue weighted by Gasteiger charge is -2.35. The molecule has 0 amide bonds. The molecule has 0 aromatic heterocycles. The van der Waals surface area contributed by atoms with Crippen LogP contribution in [0.1, 0.15) is 59.3 Å². The third-order valence-electron chi connectivity index (χ3n) is 4.37. The average molecular weight is 225 g/mol. The van der Waals surface area contributed by atoms with Crippen LogP contribution in [-0.4, -0.2) is 30.3 Å². The third kappa shape index (κ3) is 3.31.